The topological polar surface area (TPSA) is 47.6 Å². The number of ether oxygens (including phenoxy) is 2. The summed E-state index contributed by atoms with van der Waals surface area (Å²) in [5, 5.41) is 3.36. The number of rotatable bonds is 4. The van der Waals surface area contributed by atoms with Crippen molar-refractivity contribution in [3.63, 3.8) is 0 Å². The Morgan fingerprint density at radius 2 is 2.21 bits per heavy atom. The molecule has 0 bridgehead atoms. The average Bonchev–Trinajstić information content (AvgIpc) is 2.62. The third-order valence-corrected chi connectivity index (χ3v) is 3.46. The molecule has 1 aliphatic heterocycles. The molecule has 0 aliphatic carbocycles. The molecule has 1 aromatic carbocycles. The lowest BCUT2D eigenvalue weighted by molar-refractivity contribution is -0.118. The molecule has 4 nitrogen and oxygen atoms in total. The van der Waals surface area contributed by atoms with Crippen LogP contribution in [0.2, 0.25) is 5.02 Å². The normalized spacial score (nSPS) is 13.8. The maximum atomic E-state index is 11.4. The second-order valence-corrected chi connectivity index (χ2v) is 5.44. The number of amides is 1. The first-order valence-corrected chi connectivity index (χ1v) is 7.81. The van der Waals surface area contributed by atoms with E-state index in [9.17, 15) is 4.79 Å². The quantitative estimate of drug-likeness (QED) is 0.928. The van der Waals surface area contributed by atoms with Gasteiger partial charge < -0.3 is 14.8 Å². The van der Waals surface area contributed by atoms with E-state index < -0.39 is 0 Å². The molecule has 1 N–H and O–H groups in total. The van der Waals surface area contributed by atoms with E-state index >= 15 is 0 Å². The van der Waals surface area contributed by atoms with Gasteiger partial charge in [-0.05, 0) is 24.0 Å². The van der Waals surface area contributed by atoms with Crippen LogP contribution in [-0.4, -0.2) is 31.1 Å². The van der Waals surface area contributed by atoms with E-state index in [1.54, 1.807) is 6.07 Å². The first kappa shape index (κ1) is 14.3. The molecule has 0 fully saturated rings. The number of benzene rings is 1. The molecule has 0 saturated carbocycles. The number of hydrogen-bond acceptors (Lipinski definition) is 4. The maximum Gasteiger partial charge on any atom is 0.230 e. The number of carbonyl (C=O) groups is 1. The van der Waals surface area contributed by atoms with Gasteiger partial charge in [0.2, 0.25) is 5.91 Å². The van der Waals surface area contributed by atoms with Crippen LogP contribution in [0.5, 0.6) is 11.5 Å². The molecule has 19 heavy (non-hydrogen) atoms. The van der Waals surface area contributed by atoms with Crippen molar-refractivity contribution in [2.75, 3.05) is 25.2 Å². The maximum absolute atomic E-state index is 11.4. The van der Waals surface area contributed by atoms with Gasteiger partial charge in [0.15, 0.2) is 11.5 Å². The van der Waals surface area contributed by atoms with Crippen LogP contribution < -0.4 is 14.8 Å². The van der Waals surface area contributed by atoms with Gasteiger partial charge in [0.05, 0.1) is 24.0 Å². The van der Waals surface area contributed by atoms with E-state index in [1.165, 1.54) is 11.8 Å². The van der Waals surface area contributed by atoms with Crippen LogP contribution in [0.3, 0.4) is 0 Å². The number of hydrogen-bond donors (Lipinski definition) is 1. The van der Waals surface area contributed by atoms with Crippen LogP contribution in [0.25, 0.3) is 0 Å². The Kier molecular flexibility index (Phi) is 5.22. The van der Waals surface area contributed by atoms with Crippen molar-refractivity contribution in [3.8, 4) is 11.5 Å². The fraction of sp³-hybridized carbons (Fsp3) is 0.462. The van der Waals surface area contributed by atoms with Gasteiger partial charge in [-0.25, -0.2) is 0 Å². The molecular weight excluding hydrogens is 286 g/mol. The zero-order valence-electron chi connectivity index (χ0n) is 10.7. The van der Waals surface area contributed by atoms with E-state index in [4.69, 9.17) is 21.1 Å². The van der Waals surface area contributed by atoms with Gasteiger partial charge in [-0.15, -0.1) is 0 Å². The van der Waals surface area contributed by atoms with Crippen molar-refractivity contribution < 1.29 is 14.3 Å². The zero-order valence-corrected chi connectivity index (χ0v) is 12.3. The fourth-order valence-electron chi connectivity index (χ4n) is 1.77. The second kappa shape index (κ2) is 6.91. The molecule has 1 heterocycles. The third-order valence-electron chi connectivity index (χ3n) is 2.63. The number of nitrogens with one attached hydrogen (secondary N) is 1. The fourth-order valence-corrected chi connectivity index (χ4v) is 2.42. The Bertz CT molecular complexity index is 467. The summed E-state index contributed by atoms with van der Waals surface area (Å²) in [6.45, 7) is 1.66. The van der Waals surface area contributed by atoms with E-state index in [0.717, 1.165) is 12.0 Å². The Morgan fingerprint density at radius 3 is 3.00 bits per heavy atom. The zero-order chi connectivity index (χ0) is 13.7. The predicted molar refractivity (Wildman–Crippen MR) is 77.3 cm³/mol. The number of halogens is 1. The van der Waals surface area contributed by atoms with Gasteiger partial charge in [0, 0.05) is 13.0 Å². The standard InChI is InChI=1S/C13H16ClNO3S/c1-19-8-12(16)15-7-9-5-10(14)13-11(6-9)17-3-2-4-18-13/h5-6H,2-4,7-8H2,1H3,(H,15,16). The first-order valence-electron chi connectivity index (χ1n) is 6.04. The molecule has 0 aromatic heterocycles. The monoisotopic (exact) mass is 301 g/mol. The molecule has 6 heteroatoms. The highest BCUT2D eigenvalue weighted by molar-refractivity contribution is 7.99. The van der Waals surface area contributed by atoms with E-state index in [1.807, 2.05) is 12.3 Å². The molecule has 1 aromatic rings. The summed E-state index contributed by atoms with van der Waals surface area (Å²) in [5.74, 6) is 1.71. The summed E-state index contributed by atoms with van der Waals surface area (Å²) in [6, 6.07) is 3.67. The lowest BCUT2D eigenvalue weighted by Gasteiger charge is -2.12. The summed E-state index contributed by atoms with van der Waals surface area (Å²) in [6.07, 6.45) is 2.73. The van der Waals surface area contributed by atoms with E-state index in [0.29, 0.717) is 42.0 Å². The van der Waals surface area contributed by atoms with Gasteiger partial charge >= 0.3 is 0 Å². The molecule has 104 valence electrons. The Balaban J connectivity index is 2.08. The highest BCUT2D eigenvalue weighted by Crippen LogP contribution is 2.37. The molecule has 2 rings (SSSR count). The highest BCUT2D eigenvalue weighted by atomic mass is 35.5. The number of carbonyl (C=O) groups excluding carboxylic acids is 1. The minimum absolute atomic E-state index is 0.00994. The van der Waals surface area contributed by atoms with Gasteiger partial charge in [-0.2, -0.15) is 11.8 Å². The molecule has 0 radical (unpaired) electrons. The molecule has 0 spiro atoms. The summed E-state index contributed by atoms with van der Waals surface area (Å²) < 4.78 is 11.1. The third kappa shape index (κ3) is 3.94. The van der Waals surface area contributed by atoms with E-state index in [-0.39, 0.29) is 5.91 Å². The predicted octanol–water partition coefficient (Wildman–Crippen LogP) is 2.48. The van der Waals surface area contributed by atoms with Crippen LogP contribution >= 0.6 is 23.4 Å². The van der Waals surface area contributed by atoms with Gasteiger partial charge in [0.1, 0.15) is 0 Å². The molecule has 0 unspecified atom stereocenters. The summed E-state index contributed by atoms with van der Waals surface area (Å²) in [4.78, 5) is 11.4. The minimum Gasteiger partial charge on any atom is -0.489 e. The van der Waals surface area contributed by atoms with Crippen molar-refractivity contribution in [2.45, 2.75) is 13.0 Å². The van der Waals surface area contributed by atoms with Gasteiger partial charge in [-0.3, -0.25) is 4.79 Å². The van der Waals surface area contributed by atoms with Gasteiger partial charge in [-0.1, -0.05) is 11.6 Å². The Morgan fingerprint density at radius 1 is 1.42 bits per heavy atom. The average molecular weight is 302 g/mol. The summed E-state index contributed by atoms with van der Waals surface area (Å²) in [5.41, 5.74) is 0.906. The lowest BCUT2D eigenvalue weighted by Crippen LogP contribution is -2.24. The molecule has 1 amide bonds. The Hall–Kier alpha value is -1.07. The van der Waals surface area contributed by atoms with Crippen LogP contribution in [0.15, 0.2) is 12.1 Å². The highest BCUT2D eigenvalue weighted by Gasteiger charge is 2.15. The van der Waals surface area contributed by atoms with Crippen molar-refractivity contribution >= 4 is 29.3 Å². The largest absolute Gasteiger partial charge is 0.489 e. The van der Waals surface area contributed by atoms with Crippen LogP contribution in [0.1, 0.15) is 12.0 Å². The first-order chi connectivity index (χ1) is 9.20. The number of fused-ring (bicyclic) bond motifs is 1. The molecule has 0 saturated heterocycles. The molecule has 0 atom stereocenters. The molecule has 1 aliphatic rings. The SMILES string of the molecule is CSCC(=O)NCc1cc(Cl)c2c(c1)OCCCO2. The minimum atomic E-state index is 0.00994. The van der Waals surface area contributed by atoms with Gasteiger partial charge in [0.25, 0.3) is 0 Å². The van der Waals surface area contributed by atoms with Crippen molar-refractivity contribution in [1.82, 2.24) is 5.32 Å². The van der Waals surface area contributed by atoms with Crippen LogP contribution in [0.4, 0.5) is 0 Å². The van der Waals surface area contributed by atoms with Crippen molar-refractivity contribution in [2.24, 2.45) is 0 Å². The molecular formula is C13H16ClNO3S. The smallest absolute Gasteiger partial charge is 0.230 e. The lowest BCUT2D eigenvalue weighted by atomic mass is 10.2. The van der Waals surface area contributed by atoms with Crippen LogP contribution in [-0.2, 0) is 11.3 Å². The summed E-state index contributed by atoms with van der Waals surface area (Å²) >= 11 is 7.67. The Labute approximate surface area is 121 Å². The number of thioether (sulfide) groups is 1. The van der Waals surface area contributed by atoms with E-state index in [2.05, 4.69) is 5.32 Å². The second-order valence-electron chi connectivity index (χ2n) is 4.17. The van der Waals surface area contributed by atoms with Crippen molar-refractivity contribution in [3.05, 3.63) is 22.7 Å². The summed E-state index contributed by atoms with van der Waals surface area (Å²) in [7, 11) is 0. The van der Waals surface area contributed by atoms with Crippen molar-refractivity contribution in [1.29, 1.82) is 0 Å². The van der Waals surface area contributed by atoms with Crippen LogP contribution in [0, 0.1) is 0 Å².